The minimum Gasteiger partial charge on any atom is -0.493 e. The van der Waals surface area contributed by atoms with Gasteiger partial charge >= 0.3 is 0 Å². The maximum atomic E-state index is 10.8. The van der Waals surface area contributed by atoms with Crippen molar-refractivity contribution in [1.29, 1.82) is 0 Å². The zero-order chi connectivity index (χ0) is 21.3. The van der Waals surface area contributed by atoms with Gasteiger partial charge in [0.25, 0.3) is 5.69 Å². The van der Waals surface area contributed by atoms with Crippen molar-refractivity contribution < 1.29 is 19.2 Å². The summed E-state index contributed by atoms with van der Waals surface area (Å²) in [5.41, 5.74) is 2.29. The van der Waals surface area contributed by atoms with Crippen molar-refractivity contribution >= 4 is 23.5 Å². The van der Waals surface area contributed by atoms with Crippen molar-refractivity contribution in [3.63, 3.8) is 0 Å². The van der Waals surface area contributed by atoms with Gasteiger partial charge in [0.05, 0.1) is 18.2 Å². The van der Waals surface area contributed by atoms with E-state index in [1.807, 2.05) is 30.3 Å². The van der Waals surface area contributed by atoms with Gasteiger partial charge in [-0.3, -0.25) is 10.1 Å². The molecule has 3 aromatic carbocycles. The SMILES string of the molecule is COc1cc(/C=N\OCc2cccc([N+](=O)[O-])c2)ccc1OCc1ccccc1Cl. The smallest absolute Gasteiger partial charge is 0.269 e. The Labute approximate surface area is 178 Å². The quantitative estimate of drug-likeness (QED) is 0.260. The molecule has 0 bridgehead atoms. The molecule has 0 unspecified atom stereocenters. The van der Waals surface area contributed by atoms with Crippen LogP contribution in [0.15, 0.2) is 71.9 Å². The molecule has 0 saturated heterocycles. The Morgan fingerprint density at radius 2 is 1.87 bits per heavy atom. The topological polar surface area (TPSA) is 83.2 Å². The number of ether oxygens (including phenoxy) is 2. The van der Waals surface area contributed by atoms with Gasteiger partial charge in [-0.05, 0) is 29.8 Å². The first-order chi connectivity index (χ1) is 14.6. The molecular formula is C22H19ClN2O5. The largest absolute Gasteiger partial charge is 0.493 e. The van der Waals surface area contributed by atoms with Gasteiger partial charge in [-0.25, -0.2) is 0 Å². The van der Waals surface area contributed by atoms with Crippen molar-refractivity contribution in [3.05, 3.63) is 98.6 Å². The van der Waals surface area contributed by atoms with Crippen LogP contribution in [0.4, 0.5) is 5.69 Å². The molecule has 3 rings (SSSR count). The molecule has 154 valence electrons. The number of methoxy groups -OCH3 is 1. The third kappa shape index (κ3) is 5.71. The Bertz CT molecular complexity index is 1060. The van der Waals surface area contributed by atoms with Crippen molar-refractivity contribution in [3.8, 4) is 11.5 Å². The van der Waals surface area contributed by atoms with E-state index in [9.17, 15) is 10.1 Å². The highest BCUT2D eigenvalue weighted by Gasteiger charge is 2.08. The second-order valence-electron chi connectivity index (χ2n) is 6.23. The molecule has 7 nitrogen and oxygen atoms in total. The van der Waals surface area contributed by atoms with Crippen molar-refractivity contribution in [2.24, 2.45) is 5.16 Å². The van der Waals surface area contributed by atoms with E-state index in [0.717, 1.165) is 11.1 Å². The van der Waals surface area contributed by atoms with Gasteiger partial charge in [0.1, 0.15) is 13.2 Å². The van der Waals surface area contributed by atoms with Gasteiger partial charge in [-0.15, -0.1) is 0 Å². The lowest BCUT2D eigenvalue weighted by Crippen LogP contribution is -1.99. The number of oxime groups is 1. The molecule has 0 atom stereocenters. The van der Waals surface area contributed by atoms with Gasteiger partial charge in [0.15, 0.2) is 11.5 Å². The molecule has 8 heteroatoms. The molecular weight excluding hydrogens is 408 g/mol. The van der Waals surface area contributed by atoms with Crippen LogP contribution in [0.25, 0.3) is 0 Å². The van der Waals surface area contributed by atoms with E-state index < -0.39 is 4.92 Å². The summed E-state index contributed by atoms with van der Waals surface area (Å²) in [4.78, 5) is 15.6. The van der Waals surface area contributed by atoms with E-state index in [0.29, 0.717) is 28.7 Å². The number of hydrogen-bond donors (Lipinski definition) is 0. The molecule has 0 fully saturated rings. The lowest BCUT2D eigenvalue weighted by Gasteiger charge is -2.12. The van der Waals surface area contributed by atoms with Crippen LogP contribution in [0.3, 0.4) is 0 Å². The van der Waals surface area contributed by atoms with E-state index in [1.54, 1.807) is 31.4 Å². The molecule has 0 heterocycles. The third-order valence-electron chi connectivity index (χ3n) is 4.16. The van der Waals surface area contributed by atoms with Crippen LogP contribution in [0.1, 0.15) is 16.7 Å². The third-order valence-corrected chi connectivity index (χ3v) is 4.53. The highest BCUT2D eigenvalue weighted by atomic mass is 35.5. The molecule has 0 radical (unpaired) electrons. The van der Waals surface area contributed by atoms with Gasteiger partial charge in [-0.1, -0.05) is 47.1 Å². The summed E-state index contributed by atoms with van der Waals surface area (Å²) in [6.45, 7) is 0.435. The lowest BCUT2D eigenvalue weighted by molar-refractivity contribution is -0.384. The van der Waals surface area contributed by atoms with Crippen molar-refractivity contribution in [2.45, 2.75) is 13.2 Å². The fraction of sp³-hybridized carbons (Fsp3) is 0.136. The van der Waals surface area contributed by atoms with Crippen LogP contribution in [0.2, 0.25) is 5.02 Å². The van der Waals surface area contributed by atoms with Crippen LogP contribution in [0, 0.1) is 10.1 Å². The number of halogens is 1. The van der Waals surface area contributed by atoms with E-state index in [4.69, 9.17) is 25.9 Å². The normalized spacial score (nSPS) is 10.7. The second kappa shape index (κ2) is 10.3. The highest BCUT2D eigenvalue weighted by Crippen LogP contribution is 2.29. The highest BCUT2D eigenvalue weighted by molar-refractivity contribution is 6.31. The predicted octanol–water partition coefficient (Wildman–Crippen LogP) is 5.39. The van der Waals surface area contributed by atoms with Crippen molar-refractivity contribution in [1.82, 2.24) is 0 Å². The second-order valence-corrected chi connectivity index (χ2v) is 6.63. The van der Waals surface area contributed by atoms with Crippen LogP contribution in [-0.2, 0) is 18.1 Å². The lowest BCUT2D eigenvalue weighted by atomic mass is 10.2. The number of benzene rings is 3. The molecule has 0 spiro atoms. The van der Waals surface area contributed by atoms with Gasteiger partial charge in [0.2, 0.25) is 0 Å². The fourth-order valence-corrected chi connectivity index (χ4v) is 2.81. The number of hydrogen-bond acceptors (Lipinski definition) is 6. The maximum Gasteiger partial charge on any atom is 0.269 e. The van der Waals surface area contributed by atoms with E-state index in [2.05, 4.69) is 5.16 Å². The van der Waals surface area contributed by atoms with Crippen molar-refractivity contribution in [2.75, 3.05) is 7.11 Å². The molecule has 3 aromatic rings. The standard InChI is InChI=1S/C22H19ClN2O5/c1-28-22-12-16(9-10-21(22)29-15-18-6-2-3-8-20(18)23)13-24-30-14-17-5-4-7-19(11-17)25(26)27/h2-13H,14-15H2,1H3/b24-13-. The number of nitrogens with zero attached hydrogens (tertiary/aromatic N) is 2. The summed E-state index contributed by atoms with van der Waals surface area (Å²) >= 11 is 6.15. The summed E-state index contributed by atoms with van der Waals surface area (Å²) in [5, 5.41) is 15.4. The van der Waals surface area contributed by atoms with Crippen LogP contribution in [0.5, 0.6) is 11.5 Å². The monoisotopic (exact) mass is 426 g/mol. The molecule has 0 aromatic heterocycles. The molecule has 0 N–H and O–H groups in total. The summed E-state index contributed by atoms with van der Waals surface area (Å²) in [5.74, 6) is 1.12. The molecule has 0 aliphatic heterocycles. The Morgan fingerprint density at radius 3 is 2.63 bits per heavy atom. The zero-order valence-electron chi connectivity index (χ0n) is 16.2. The van der Waals surface area contributed by atoms with E-state index in [1.165, 1.54) is 18.3 Å². The van der Waals surface area contributed by atoms with Gasteiger partial charge in [-0.2, -0.15) is 0 Å². The van der Waals surface area contributed by atoms with Crippen LogP contribution in [-0.4, -0.2) is 18.2 Å². The number of nitro groups is 1. The maximum absolute atomic E-state index is 10.8. The summed E-state index contributed by atoms with van der Waals surface area (Å²) < 4.78 is 11.2. The number of nitro benzene ring substituents is 1. The first kappa shape index (κ1) is 21.1. The summed E-state index contributed by atoms with van der Waals surface area (Å²) in [6.07, 6.45) is 1.53. The van der Waals surface area contributed by atoms with Gasteiger partial charge < -0.3 is 14.3 Å². The van der Waals surface area contributed by atoms with Crippen LogP contribution >= 0.6 is 11.6 Å². The zero-order valence-corrected chi connectivity index (χ0v) is 16.9. The average molecular weight is 427 g/mol. The number of non-ortho nitro benzene ring substituents is 1. The van der Waals surface area contributed by atoms with E-state index in [-0.39, 0.29) is 12.3 Å². The minimum atomic E-state index is -0.450. The Balaban J connectivity index is 1.59. The molecule has 0 aliphatic carbocycles. The first-order valence-corrected chi connectivity index (χ1v) is 9.37. The fourth-order valence-electron chi connectivity index (χ4n) is 2.62. The van der Waals surface area contributed by atoms with Gasteiger partial charge in [0, 0.05) is 28.3 Å². The Morgan fingerprint density at radius 1 is 1.03 bits per heavy atom. The average Bonchev–Trinajstić information content (AvgIpc) is 2.76. The van der Waals surface area contributed by atoms with E-state index >= 15 is 0 Å². The molecule has 30 heavy (non-hydrogen) atoms. The molecule has 0 amide bonds. The predicted molar refractivity (Wildman–Crippen MR) is 114 cm³/mol. The molecule has 0 saturated carbocycles. The molecule has 0 aliphatic rings. The Kier molecular flexibility index (Phi) is 7.24. The summed E-state index contributed by atoms with van der Waals surface area (Å²) in [7, 11) is 1.55. The first-order valence-electron chi connectivity index (χ1n) is 8.99. The summed E-state index contributed by atoms with van der Waals surface area (Å²) in [6, 6.07) is 19.0. The Hall–Kier alpha value is -3.58. The van der Waals surface area contributed by atoms with Crippen LogP contribution < -0.4 is 9.47 Å². The number of rotatable bonds is 9. The minimum absolute atomic E-state index is 0.0113.